The Morgan fingerprint density at radius 1 is 1.04 bits per heavy atom. The van der Waals surface area contributed by atoms with Crippen molar-refractivity contribution in [3.8, 4) is 0 Å². The Hall–Kier alpha value is -2.37. The van der Waals surface area contributed by atoms with Crippen molar-refractivity contribution in [3.05, 3.63) is 82.0 Å². The Morgan fingerprint density at radius 3 is 2.60 bits per heavy atom. The molecule has 0 radical (unpaired) electrons. The second-order valence-electron chi connectivity index (χ2n) is 5.78. The maximum Gasteiger partial charge on any atom is 0.252 e. The predicted octanol–water partition coefficient (Wildman–Crippen LogP) is 5.04. The van der Waals surface area contributed by atoms with E-state index in [9.17, 15) is 4.79 Å². The van der Waals surface area contributed by atoms with Gasteiger partial charge in [0.05, 0.1) is 16.3 Å². The van der Waals surface area contributed by atoms with Crippen molar-refractivity contribution in [3.63, 3.8) is 0 Å². The van der Waals surface area contributed by atoms with Gasteiger partial charge in [-0.15, -0.1) is 11.3 Å². The van der Waals surface area contributed by atoms with Gasteiger partial charge in [0.25, 0.3) is 5.91 Å². The third-order valence-corrected chi connectivity index (χ3v) is 6.02. The number of fused-ring (bicyclic) bond motifs is 1. The van der Waals surface area contributed by atoms with Gasteiger partial charge >= 0.3 is 0 Å². The van der Waals surface area contributed by atoms with Crippen LogP contribution in [0.2, 0.25) is 0 Å². The molecule has 0 fully saturated rings. The first kappa shape index (κ1) is 16.1. The summed E-state index contributed by atoms with van der Waals surface area (Å²) in [5, 5.41) is 4.96. The van der Waals surface area contributed by atoms with Crippen molar-refractivity contribution in [2.45, 2.75) is 17.2 Å². The molecule has 25 heavy (non-hydrogen) atoms. The smallest absolute Gasteiger partial charge is 0.252 e. The monoisotopic (exact) mass is 364 g/mol. The zero-order valence-corrected chi connectivity index (χ0v) is 15.2. The fraction of sp³-hybridized carbons (Fsp3) is 0.100. The summed E-state index contributed by atoms with van der Waals surface area (Å²) in [6.07, 6.45) is 0. The molecule has 0 unspecified atom stereocenters. The molecule has 2 aromatic carbocycles. The van der Waals surface area contributed by atoms with Crippen molar-refractivity contribution in [2.75, 3.05) is 0 Å². The van der Waals surface area contributed by atoms with Crippen LogP contribution >= 0.6 is 23.1 Å². The maximum absolute atomic E-state index is 12.7. The van der Waals surface area contributed by atoms with Gasteiger partial charge in [0.2, 0.25) is 0 Å². The van der Waals surface area contributed by atoms with Crippen molar-refractivity contribution in [1.82, 2.24) is 5.32 Å². The Labute approximate surface area is 154 Å². The van der Waals surface area contributed by atoms with Crippen LogP contribution in [0.1, 0.15) is 20.8 Å². The zero-order valence-electron chi connectivity index (χ0n) is 13.6. The quantitative estimate of drug-likeness (QED) is 0.707. The number of hydrogen-bond acceptors (Lipinski definition) is 4. The number of para-hydroxylation sites is 1. The van der Waals surface area contributed by atoms with E-state index in [4.69, 9.17) is 4.99 Å². The van der Waals surface area contributed by atoms with Gasteiger partial charge in [-0.25, -0.2) is 4.99 Å². The average molecular weight is 364 g/mol. The van der Waals surface area contributed by atoms with E-state index in [0.717, 1.165) is 26.7 Å². The fourth-order valence-electron chi connectivity index (χ4n) is 2.63. The van der Waals surface area contributed by atoms with Crippen LogP contribution in [0.5, 0.6) is 0 Å². The summed E-state index contributed by atoms with van der Waals surface area (Å²) in [6.45, 7) is 2.01. The minimum Gasteiger partial charge on any atom is -0.334 e. The molecule has 3 nitrogen and oxygen atoms in total. The van der Waals surface area contributed by atoms with Crippen LogP contribution in [0, 0.1) is 6.92 Å². The second kappa shape index (κ2) is 6.86. The van der Waals surface area contributed by atoms with Gasteiger partial charge < -0.3 is 5.32 Å². The lowest BCUT2D eigenvalue weighted by molar-refractivity contribution is 0.0956. The van der Waals surface area contributed by atoms with Gasteiger partial charge in [0, 0.05) is 10.5 Å². The summed E-state index contributed by atoms with van der Waals surface area (Å²) < 4.78 is 0. The Bertz CT molecular complexity index is 931. The summed E-state index contributed by atoms with van der Waals surface area (Å²) >= 11 is 3.27. The minimum absolute atomic E-state index is 0.0823. The number of hydrogen-bond donors (Lipinski definition) is 1. The van der Waals surface area contributed by atoms with E-state index in [1.54, 1.807) is 23.1 Å². The van der Waals surface area contributed by atoms with Crippen LogP contribution in [0.15, 0.2) is 75.9 Å². The van der Waals surface area contributed by atoms with Gasteiger partial charge in [-0.3, -0.25) is 4.79 Å². The minimum atomic E-state index is -0.206. The third-order valence-electron chi connectivity index (χ3n) is 3.95. The molecule has 1 aliphatic rings. The molecule has 1 atom stereocenters. The van der Waals surface area contributed by atoms with Crippen LogP contribution in [0.4, 0.5) is 5.69 Å². The Balaban J connectivity index is 1.66. The number of nitrogens with one attached hydrogen (secondary N) is 1. The van der Waals surface area contributed by atoms with Crippen molar-refractivity contribution < 1.29 is 4.79 Å². The topological polar surface area (TPSA) is 41.5 Å². The molecule has 0 spiro atoms. The van der Waals surface area contributed by atoms with Gasteiger partial charge in [-0.1, -0.05) is 47.7 Å². The first-order chi connectivity index (χ1) is 12.2. The lowest BCUT2D eigenvalue weighted by Crippen LogP contribution is -2.39. The summed E-state index contributed by atoms with van der Waals surface area (Å²) in [4.78, 5) is 19.7. The van der Waals surface area contributed by atoms with Crippen LogP contribution in [-0.2, 0) is 0 Å². The molecule has 1 aromatic heterocycles. The number of amides is 1. The van der Waals surface area contributed by atoms with Gasteiger partial charge in [-0.05, 0) is 42.6 Å². The number of carbonyl (C=O) groups is 1. The average Bonchev–Trinajstić information content (AvgIpc) is 3.16. The van der Waals surface area contributed by atoms with E-state index in [1.165, 1.54) is 0 Å². The van der Waals surface area contributed by atoms with Gasteiger partial charge in [0.1, 0.15) is 5.37 Å². The molecule has 4 rings (SSSR count). The van der Waals surface area contributed by atoms with E-state index < -0.39 is 0 Å². The van der Waals surface area contributed by atoms with Gasteiger partial charge in [0.15, 0.2) is 0 Å². The molecule has 0 saturated carbocycles. The summed E-state index contributed by atoms with van der Waals surface area (Å²) in [5.41, 5.74) is 3.66. The maximum atomic E-state index is 12.7. The number of thioether (sulfide) groups is 1. The van der Waals surface area contributed by atoms with Crippen LogP contribution in [0.25, 0.3) is 0 Å². The number of nitrogens with zero attached hydrogens (tertiary/aromatic N) is 1. The summed E-state index contributed by atoms with van der Waals surface area (Å²) in [6, 6.07) is 19.7. The summed E-state index contributed by atoms with van der Waals surface area (Å²) in [5.74, 6) is -0.0823. The van der Waals surface area contributed by atoms with E-state index >= 15 is 0 Å². The number of benzene rings is 2. The molecule has 1 amide bonds. The molecule has 0 aliphatic carbocycles. The van der Waals surface area contributed by atoms with Gasteiger partial charge in [-0.2, -0.15) is 0 Å². The molecular weight excluding hydrogens is 348 g/mol. The van der Waals surface area contributed by atoms with E-state index in [2.05, 4.69) is 5.32 Å². The predicted molar refractivity (Wildman–Crippen MR) is 105 cm³/mol. The largest absolute Gasteiger partial charge is 0.334 e. The van der Waals surface area contributed by atoms with Crippen molar-refractivity contribution in [1.29, 1.82) is 0 Å². The molecule has 0 bridgehead atoms. The van der Waals surface area contributed by atoms with E-state index in [-0.39, 0.29) is 11.3 Å². The number of rotatable bonds is 3. The second-order valence-corrected chi connectivity index (χ2v) is 7.87. The van der Waals surface area contributed by atoms with Crippen LogP contribution in [-0.4, -0.2) is 17.0 Å². The Morgan fingerprint density at radius 2 is 1.84 bits per heavy atom. The molecule has 1 aliphatic heterocycles. The fourth-order valence-corrected chi connectivity index (χ4v) is 4.56. The first-order valence-corrected chi connectivity index (χ1v) is 9.72. The molecular formula is C20H16N2OS2. The normalized spacial score (nSPS) is 16.0. The van der Waals surface area contributed by atoms with E-state index in [1.807, 2.05) is 73.0 Å². The standard InChI is InChI=1S/C20H16N2OS2/c1-13-8-10-14(11-9-13)19(23)22-20-18(17-7-4-12-24-17)21-15-5-2-3-6-16(15)25-20/h2-12,20H,1H3,(H,22,23)/t20-/m0/s1. The number of carbonyl (C=O) groups excluding carboxylic acids is 1. The summed E-state index contributed by atoms with van der Waals surface area (Å²) in [7, 11) is 0. The highest BCUT2D eigenvalue weighted by Crippen LogP contribution is 2.38. The number of thiophene rings is 1. The van der Waals surface area contributed by atoms with E-state index in [0.29, 0.717) is 5.56 Å². The Kier molecular flexibility index (Phi) is 4.42. The number of aryl methyl sites for hydroxylation is 1. The molecule has 1 N–H and O–H groups in total. The highest BCUT2D eigenvalue weighted by molar-refractivity contribution is 8.01. The highest BCUT2D eigenvalue weighted by Gasteiger charge is 2.27. The van der Waals surface area contributed by atoms with Crippen LogP contribution < -0.4 is 5.32 Å². The molecule has 5 heteroatoms. The molecule has 124 valence electrons. The van der Waals surface area contributed by atoms with Crippen molar-refractivity contribution in [2.24, 2.45) is 4.99 Å². The lowest BCUT2D eigenvalue weighted by atomic mass is 10.1. The third kappa shape index (κ3) is 3.38. The van der Waals surface area contributed by atoms with Crippen LogP contribution in [0.3, 0.4) is 0 Å². The first-order valence-electron chi connectivity index (χ1n) is 7.96. The SMILES string of the molecule is Cc1ccc(C(=O)N[C@H]2Sc3ccccc3N=C2c2cccs2)cc1. The molecule has 3 aromatic rings. The molecule has 2 heterocycles. The lowest BCUT2D eigenvalue weighted by Gasteiger charge is -2.24. The van der Waals surface area contributed by atoms with Crippen molar-refractivity contribution >= 4 is 40.4 Å². The molecule has 0 saturated heterocycles. The highest BCUT2D eigenvalue weighted by atomic mass is 32.2. The number of aliphatic imine (C=N–C) groups is 1. The zero-order chi connectivity index (χ0) is 17.2.